The van der Waals surface area contributed by atoms with E-state index in [1.54, 1.807) is 11.1 Å². The second kappa shape index (κ2) is 3.70. The molecule has 2 aromatic rings. The maximum Gasteiger partial charge on any atom is 0.277 e. The number of fused-ring (bicyclic) bond motifs is 1. The minimum Gasteiger partial charge on any atom is -0.303 e. The van der Waals surface area contributed by atoms with Crippen LogP contribution in [-0.2, 0) is 6.54 Å². The van der Waals surface area contributed by atoms with Crippen LogP contribution in [0.1, 0.15) is 21.6 Å². The van der Waals surface area contributed by atoms with Gasteiger partial charge in [-0.25, -0.2) is 0 Å². The molecule has 0 saturated heterocycles. The molecule has 1 aromatic carbocycles. The average molecular weight is 224 g/mol. The summed E-state index contributed by atoms with van der Waals surface area (Å²) in [5.41, 5.74) is 3.67. The fourth-order valence-corrected chi connectivity index (χ4v) is 2.13. The normalized spacial score (nSPS) is 13.9. The van der Waals surface area contributed by atoms with Crippen molar-refractivity contribution in [2.75, 3.05) is 4.90 Å². The summed E-state index contributed by atoms with van der Waals surface area (Å²) >= 11 is 0. The number of hydrogen-bond donors (Lipinski definition) is 0. The van der Waals surface area contributed by atoms with Crippen LogP contribution in [0.15, 0.2) is 42.6 Å². The van der Waals surface area contributed by atoms with Crippen molar-refractivity contribution < 1.29 is 4.79 Å². The van der Waals surface area contributed by atoms with Crippen molar-refractivity contribution in [1.82, 2.24) is 4.98 Å². The zero-order valence-electron chi connectivity index (χ0n) is 9.55. The summed E-state index contributed by atoms with van der Waals surface area (Å²) in [6.45, 7) is 2.64. The molecule has 0 saturated carbocycles. The van der Waals surface area contributed by atoms with Gasteiger partial charge in [0.2, 0.25) is 0 Å². The Bertz CT molecular complexity index is 592. The van der Waals surface area contributed by atoms with Crippen LogP contribution in [0.4, 0.5) is 5.69 Å². The van der Waals surface area contributed by atoms with Gasteiger partial charge >= 0.3 is 0 Å². The van der Waals surface area contributed by atoms with Gasteiger partial charge in [0.15, 0.2) is 0 Å². The first-order valence-electron chi connectivity index (χ1n) is 5.58. The van der Waals surface area contributed by atoms with Gasteiger partial charge in [0, 0.05) is 17.4 Å². The SMILES string of the molecule is Cc1cccc(N2Cc3cccnc3C2=O)c1. The third-order valence-electron chi connectivity index (χ3n) is 2.98. The van der Waals surface area contributed by atoms with Crippen LogP contribution in [-0.4, -0.2) is 10.9 Å². The van der Waals surface area contributed by atoms with Crippen LogP contribution in [0.2, 0.25) is 0 Å². The minimum atomic E-state index is -0.00815. The summed E-state index contributed by atoms with van der Waals surface area (Å²) in [5.74, 6) is -0.00815. The van der Waals surface area contributed by atoms with E-state index >= 15 is 0 Å². The van der Waals surface area contributed by atoms with Crippen LogP contribution in [0, 0.1) is 6.92 Å². The summed E-state index contributed by atoms with van der Waals surface area (Å²) in [4.78, 5) is 18.1. The topological polar surface area (TPSA) is 33.2 Å². The van der Waals surface area contributed by atoms with Gasteiger partial charge in [-0.15, -0.1) is 0 Å². The Morgan fingerprint density at radius 3 is 2.88 bits per heavy atom. The second-order valence-electron chi connectivity index (χ2n) is 4.24. The summed E-state index contributed by atoms with van der Waals surface area (Å²) in [7, 11) is 0. The predicted octanol–water partition coefficient (Wildman–Crippen LogP) is 2.55. The molecule has 84 valence electrons. The fourth-order valence-electron chi connectivity index (χ4n) is 2.13. The van der Waals surface area contributed by atoms with E-state index in [1.165, 1.54) is 0 Å². The van der Waals surface area contributed by atoms with Gasteiger partial charge in [-0.3, -0.25) is 9.78 Å². The van der Waals surface area contributed by atoms with Gasteiger partial charge in [0.25, 0.3) is 5.91 Å². The zero-order valence-corrected chi connectivity index (χ0v) is 9.55. The van der Waals surface area contributed by atoms with Gasteiger partial charge in [-0.1, -0.05) is 18.2 Å². The van der Waals surface area contributed by atoms with Crippen LogP contribution >= 0.6 is 0 Å². The van der Waals surface area contributed by atoms with E-state index in [2.05, 4.69) is 4.98 Å². The first-order chi connectivity index (χ1) is 8.25. The monoisotopic (exact) mass is 224 g/mol. The standard InChI is InChI=1S/C14H12N2O/c1-10-4-2-6-12(8-10)16-9-11-5-3-7-15-13(11)14(16)17/h2-8H,9H2,1H3. The molecule has 1 aliphatic rings. The molecule has 1 aromatic heterocycles. The van der Waals surface area contributed by atoms with E-state index in [0.29, 0.717) is 12.2 Å². The first kappa shape index (κ1) is 10.0. The number of pyridine rings is 1. The highest BCUT2D eigenvalue weighted by Crippen LogP contribution is 2.27. The van der Waals surface area contributed by atoms with Crippen molar-refractivity contribution >= 4 is 11.6 Å². The van der Waals surface area contributed by atoms with E-state index in [4.69, 9.17) is 0 Å². The Kier molecular flexibility index (Phi) is 2.18. The minimum absolute atomic E-state index is 0.00815. The quantitative estimate of drug-likeness (QED) is 0.745. The Labute approximate surface area is 99.7 Å². The lowest BCUT2D eigenvalue weighted by molar-refractivity contribution is 0.0992. The molecule has 0 spiro atoms. The zero-order chi connectivity index (χ0) is 11.8. The molecule has 3 nitrogen and oxygen atoms in total. The highest BCUT2D eigenvalue weighted by Gasteiger charge is 2.29. The highest BCUT2D eigenvalue weighted by atomic mass is 16.2. The molecule has 0 atom stereocenters. The molecule has 0 unspecified atom stereocenters. The Hall–Kier alpha value is -2.16. The molecule has 1 amide bonds. The van der Waals surface area contributed by atoms with E-state index < -0.39 is 0 Å². The molecule has 0 N–H and O–H groups in total. The Morgan fingerprint density at radius 2 is 2.12 bits per heavy atom. The van der Waals surface area contributed by atoms with Gasteiger partial charge in [0.05, 0.1) is 6.54 Å². The van der Waals surface area contributed by atoms with Crippen LogP contribution in [0.25, 0.3) is 0 Å². The molecule has 0 bridgehead atoms. The smallest absolute Gasteiger partial charge is 0.277 e. The molecule has 17 heavy (non-hydrogen) atoms. The van der Waals surface area contributed by atoms with Gasteiger partial charge in [0.1, 0.15) is 5.69 Å². The highest BCUT2D eigenvalue weighted by molar-refractivity contribution is 6.08. The van der Waals surface area contributed by atoms with Crippen molar-refractivity contribution in [1.29, 1.82) is 0 Å². The number of hydrogen-bond acceptors (Lipinski definition) is 2. The molecule has 0 fully saturated rings. The summed E-state index contributed by atoms with van der Waals surface area (Å²) in [5, 5.41) is 0. The Balaban J connectivity index is 2.02. The lowest BCUT2D eigenvalue weighted by Gasteiger charge is -2.15. The number of rotatable bonds is 1. The predicted molar refractivity (Wildman–Crippen MR) is 65.9 cm³/mol. The van der Waals surface area contributed by atoms with Crippen LogP contribution in [0.3, 0.4) is 0 Å². The molecule has 2 heterocycles. The van der Waals surface area contributed by atoms with Crippen molar-refractivity contribution in [3.63, 3.8) is 0 Å². The average Bonchev–Trinajstić information content (AvgIpc) is 2.68. The third-order valence-corrected chi connectivity index (χ3v) is 2.98. The number of nitrogens with zero attached hydrogens (tertiary/aromatic N) is 2. The number of aromatic nitrogens is 1. The maximum atomic E-state index is 12.2. The Morgan fingerprint density at radius 1 is 1.24 bits per heavy atom. The molecule has 3 heteroatoms. The van der Waals surface area contributed by atoms with Gasteiger partial charge < -0.3 is 4.90 Å². The number of amides is 1. The van der Waals surface area contributed by atoms with Crippen molar-refractivity contribution in [2.24, 2.45) is 0 Å². The summed E-state index contributed by atoms with van der Waals surface area (Å²) < 4.78 is 0. The molecule has 3 rings (SSSR count). The van der Waals surface area contributed by atoms with Crippen molar-refractivity contribution in [3.05, 3.63) is 59.4 Å². The summed E-state index contributed by atoms with van der Waals surface area (Å²) in [6, 6.07) is 11.8. The molecule has 0 aliphatic carbocycles. The fraction of sp³-hybridized carbons (Fsp3) is 0.143. The molecule has 0 radical (unpaired) electrons. The number of carbonyl (C=O) groups excluding carboxylic acids is 1. The van der Waals surface area contributed by atoms with Crippen molar-refractivity contribution in [3.8, 4) is 0 Å². The molecular formula is C14H12N2O. The lowest BCUT2D eigenvalue weighted by Crippen LogP contribution is -2.23. The van der Waals surface area contributed by atoms with E-state index in [-0.39, 0.29) is 5.91 Å². The number of anilines is 1. The number of aryl methyl sites for hydroxylation is 1. The number of carbonyl (C=O) groups is 1. The van der Waals surface area contributed by atoms with E-state index in [0.717, 1.165) is 16.8 Å². The molecular weight excluding hydrogens is 212 g/mol. The second-order valence-corrected chi connectivity index (χ2v) is 4.24. The van der Waals surface area contributed by atoms with E-state index in [1.807, 2.05) is 43.3 Å². The molecule has 1 aliphatic heterocycles. The summed E-state index contributed by atoms with van der Waals surface area (Å²) in [6.07, 6.45) is 1.66. The van der Waals surface area contributed by atoms with Crippen molar-refractivity contribution in [2.45, 2.75) is 13.5 Å². The first-order valence-corrected chi connectivity index (χ1v) is 5.58. The lowest BCUT2D eigenvalue weighted by atomic mass is 10.2. The van der Waals surface area contributed by atoms with Crippen LogP contribution in [0.5, 0.6) is 0 Å². The van der Waals surface area contributed by atoms with E-state index in [9.17, 15) is 4.79 Å². The van der Waals surface area contributed by atoms with Gasteiger partial charge in [-0.05, 0) is 30.7 Å². The van der Waals surface area contributed by atoms with Crippen LogP contribution < -0.4 is 4.90 Å². The number of benzene rings is 1. The maximum absolute atomic E-state index is 12.2. The third kappa shape index (κ3) is 1.60. The van der Waals surface area contributed by atoms with Gasteiger partial charge in [-0.2, -0.15) is 0 Å². The largest absolute Gasteiger partial charge is 0.303 e.